The quantitative estimate of drug-likeness (QED) is 0.822. The Morgan fingerprint density at radius 1 is 1.53 bits per heavy atom. The van der Waals surface area contributed by atoms with E-state index in [1.54, 1.807) is 7.05 Å². The molecule has 0 saturated heterocycles. The first kappa shape index (κ1) is 13.4. The molecule has 1 unspecified atom stereocenters. The Morgan fingerprint density at radius 2 is 2.24 bits per heavy atom. The second kappa shape index (κ2) is 6.20. The van der Waals surface area contributed by atoms with Crippen molar-refractivity contribution in [2.45, 2.75) is 6.92 Å². The molecule has 0 radical (unpaired) electrons. The van der Waals surface area contributed by atoms with Crippen molar-refractivity contribution in [3.05, 3.63) is 24.0 Å². The molecule has 94 valence electrons. The average molecular weight is 240 g/mol. The lowest BCUT2D eigenvalue weighted by Crippen LogP contribution is -2.28. The van der Waals surface area contributed by atoms with Gasteiger partial charge in [-0.1, -0.05) is 6.92 Å². The summed E-state index contributed by atoms with van der Waals surface area (Å²) < 4.78 is 17.9. The summed E-state index contributed by atoms with van der Waals surface area (Å²) in [5.41, 5.74) is 0.474. The number of benzene rings is 1. The highest BCUT2D eigenvalue weighted by Gasteiger charge is 2.14. The monoisotopic (exact) mass is 240 g/mol. The third-order valence-corrected chi connectivity index (χ3v) is 2.38. The van der Waals surface area contributed by atoms with E-state index in [9.17, 15) is 9.18 Å². The van der Waals surface area contributed by atoms with Gasteiger partial charge in [0.25, 0.3) is 0 Å². The minimum Gasteiger partial charge on any atom is -0.494 e. The van der Waals surface area contributed by atoms with Gasteiger partial charge in [-0.05, 0) is 19.2 Å². The molecule has 0 aromatic heterocycles. The molecule has 4 nitrogen and oxygen atoms in total. The van der Waals surface area contributed by atoms with Crippen molar-refractivity contribution in [2.75, 3.05) is 26.0 Å². The van der Waals surface area contributed by atoms with Crippen LogP contribution in [-0.4, -0.2) is 26.6 Å². The number of carbonyl (C=O) groups is 1. The Balaban J connectivity index is 2.77. The van der Waals surface area contributed by atoms with Gasteiger partial charge in [-0.15, -0.1) is 0 Å². The van der Waals surface area contributed by atoms with Gasteiger partial charge in [0.2, 0.25) is 5.91 Å². The molecule has 5 heteroatoms. The fraction of sp³-hybridized carbons (Fsp3) is 0.417. The van der Waals surface area contributed by atoms with E-state index < -0.39 is 5.82 Å². The maximum absolute atomic E-state index is 12.9. The van der Waals surface area contributed by atoms with Crippen LogP contribution in [0.25, 0.3) is 0 Å². The first-order valence-electron chi connectivity index (χ1n) is 5.37. The van der Waals surface area contributed by atoms with Crippen LogP contribution in [-0.2, 0) is 4.79 Å². The molecule has 0 fully saturated rings. The van der Waals surface area contributed by atoms with Crippen LogP contribution in [0.1, 0.15) is 6.92 Å². The number of nitrogens with one attached hydrogen (secondary N) is 2. The van der Waals surface area contributed by atoms with Gasteiger partial charge in [0.1, 0.15) is 11.6 Å². The predicted molar refractivity (Wildman–Crippen MR) is 64.7 cm³/mol. The van der Waals surface area contributed by atoms with E-state index >= 15 is 0 Å². The maximum atomic E-state index is 12.9. The van der Waals surface area contributed by atoms with Crippen molar-refractivity contribution >= 4 is 11.6 Å². The summed E-state index contributed by atoms with van der Waals surface area (Å²) in [5.74, 6) is -0.392. The van der Waals surface area contributed by atoms with E-state index in [0.29, 0.717) is 18.0 Å². The van der Waals surface area contributed by atoms with Crippen molar-refractivity contribution < 1.29 is 13.9 Å². The van der Waals surface area contributed by atoms with Gasteiger partial charge in [0, 0.05) is 18.5 Å². The molecule has 0 aliphatic carbocycles. The molecular weight excluding hydrogens is 223 g/mol. The smallest absolute Gasteiger partial charge is 0.228 e. The second-order valence-corrected chi connectivity index (χ2v) is 3.79. The summed E-state index contributed by atoms with van der Waals surface area (Å²) >= 11 is 0. The summed E-state index contributed by atoms with van der Waals surface area (Å²) in [5, 5.41) is 5.62. The minimum atomic E-state index is -0.400. The highest BCUT2D eigenvalue weighted by atomic mass is 19.1. The summed E-state index contributed by atoms with van der Waals surface area (Å²) in [6, 6.07) is 4.00. The maximum Gasteiger partial charge on any atom is 0.228 e. The minimum absolute atomic E-state index is 0.135. The fourth-order valence-corrected chi connectivity index (χ4v) is 1.42. The van der Waals surface area contributed by atoms with E-state index in [2.05, 4.69) is 10.6 Å². The summed E-state index contributed by atoms with van der Waals surface area (Å²) in [4.78, 5) is 11.8. The van der Waals surface area contributed by atoms with Crippen LogP contribution in [0, 0.1) is 11.7 Å². The number of ether oxygens (including phenoxy) is 1. The average Bonchev–Trinajstić information content (AvgIpc) is 2.31. The third kappa shape index (κ3) is 3.71. The SMILES string of the molecule is CNCC(C)C(=O)Nc1ccc(F)cc1OC. The zero-order valence-electron chi connectivity index (χ0n) is 10.2. The molecule has 1 aromatic carbocycles. The standard InChI is InChI=1S/C12H17FN2O2/c1-8(7-14-2)12(16)15-10-5-4-9(13)6-11(10)17-3/h4-6,8,14H,7H2,1-3H3,(H,15,16). The third-order valence-electron chi connectivity index (χ3n) is 2.38. The number of hydrogen-bond donors (Lipinski definition) is 2. The van der Waals surface area contributed by atoms with Crippen LogP contribution >= 0.6 is 0 Å². The van der Waals surface area contributed by atoms with E-state index in [4.69, 9.17) is 4.74 Å². The highest BCUT2D eigenvalue weighted by Crippen LogP contribution is 2.25. The number of hydrogen-bond acceptors (Lipinski definition) is 3. The lowest BCUT2D eigenvalue weighted by Gasteiger charge is -2.14. The van der Waals surface area contributed by atoms with Crippen LogP contribution < -0.4 is 15.4 Å². The number of amides is 1. The van der Waals surface area contributed by atoms with E-state index in [1.807, 2.05) is 6.92 Å². The normalized spacial score (nSPS) is 12.0. The van der Waals surface area contributed by atoms with Crippen LogP contribution in [0.3, 0.4) is 0 Å². The van der Waals surface area contributed by atoms with E-state index in [0.717, 1.165) is 0 Å². The molecule has 1 amide bonds. The van der Waals surface area contributed by atoms with Crippen molar-refractivity contribution in [3.63, 3.8) is 0 Å². The first-order valence-corrected chi connectivity index (χ1v) is 5.37. The van der Waals surface area contributed by atoms with Crippen LogP contribution in [0.4, 0.5) is 10.1 Å². The molecule has 0 saturated carbocycles. The largest absolute Gasteiger partial charge is 0.494 e. The van der Waals surface area contributed by atoms with Crippen LogP contribution in [0.15, 0.2) is 18.2 Å². The zero-order chi connectivity index (χ0) is 12.8. The molecule has 1 aromatic rings. The number of halogens is 1. The van der Waals surface area contributed by atoms with Gasteiger partial charge in [0.05, 0.1) is 12.8 Å². The number of methoxy groups -OCH3 is 1. The van der Waals surface area contributed by atoms with Crippen molar-refractivity contribution in [1.29, 1.82) is 0 Å². The van der Waals surface area contributed by atoms with Gasteiger partial charge in [-0.25, -0.2) is 4.39 Å². The Bertz CT molecular complexity index is 396. The van der Waals surface area contributed by atoms with Gasteiger partial charge >= 0.3 is 0 Å². The summed E-state index contributed by atoms with van der Waals surface area (Å²) in [6.07, 6.45) is 0. The van der Waals surface area contributed by atoms with Gasteiger partial charge in [-0.3, -0.25) is 4.79 Å². The number of anilines is 1. The van der Waals surface area contributed by atoms with Crippen molar-refractivity contribution in [1.82, 2.24) is 5.32 Å². The Labute approximate surface area is 100 Å². The summed E-state index contributed by atoms with van der Waals surface area (Å²) in [6.45, 7) is 2.39. The van der Waals surface area contributed by atoms with E-state index in [1.165, 1.54) is 25.3 Å². The van der Waals surface area contributed by atoms with Crippen molar-refractivity contribution in [2.24, 2.45) is 5.92 Å². The van der Waals surface area contributed by atoms with Gasteiger partial charge in [0.15, 0.2) is 0 Å². The highest BCUT2D eigenvalue weighted by molar-refractivity contribution is 5.93. The fourth-order valence-electron chi connectivity index (χ4n) is 1.42. The Kier molecular flexibility index (Phi) is 4.90. The Hall–Kier alpha value is -1.62. The second-order valence-electron chi connectivity index (χ2n) is 3.79. The molecule has 17 heavy (non-hydrogen) atoms. The van der Waals surface area contributed by atoms with E-state index in [-0.39, 0.29) is 11.8 Å². The molecule has 0 aliphatic heterocycles. The lowest BCUT2D eigenvalue weighted by atomic mass is 10.1. The molecule has 0 bridgehead atoms. The van der Waals surface area contributed by atoms with Crippen molar-refractivity contribution in [3.8, 4) is 5.75 Å². The molecule has 0 heterocycles. The van der Waals surface area contributed by atoms with Gasteiger partial charge in [-0.2, -0.15) is 0 Å². The molecule has 0 aliphatic rings. The summed E-state index contributed by atoms with van der Waals surface area (Å²) in [7, 11) is 3.21. The lowest BCUT2D eigenvalue weighted by molar-refractivity contribution is -0.119. The topological polar surface area (TPSA) is 50.4 Å². The van der Waals surface area contributed by atoms with Crippen LogP contribution in [0.2, 0.25) is 0 Å². The molecule has 1 atom stereocenters. The number of carbonyl (C=O) groups excluding carboxylic acids is 1. The molecule has 0 spiro atoms. The molecule has 2 N–H and O–H groups in total. The van der Waals surface area contributed by atoms with Gasteiger partial charge < -0.3 is 15.4 Å². The Morgan fingerprint density at radius 3 is 2.82 bits per heavy atom. The molecular formula is C12H17FN2O2. The van der Waals surface area contributed by atoms with Crippen LogP contribution in [0.5, 0.6) is 5.75 Å². The zero-order valence-corrected chi connectivity index (χ0v) is 10.2. The number of rotatable bonds is 5. The first-order chi connectivity index (χ1) is 8.08. The predicted octanol–water partition coefficient (Wildman–Crippen LogP) is 1.63. The molecule has 1 rings (SSSR count).